The molecule has 0 aromatic carbocycles. The monoisotopic (exact) mass is 326 g/mol. The minimum absolute atomic E-state index is 0.917. The SMILES string of the molecule is C[C@H]1O[C@@H](C(O)[C@H]2O[C@H](O)[C@H](O)[C@@H](O)[C@@H]2O)[C@@H](O)[C@@H](O)[C@@H]1O. The number of aliphatic hydroxyl groups excluding tert-OH is 8. The Labute approximate surface area is 125 Å². The number of aliphatic hydroxyl groups is 8. The van der Waals surface area contributed by atoms with Gasteiger partial charge in [-0.3, -0.25) is 0 Å². The Balaban J connectivity index is 2.14. The summed E-state index contributed by atoms with van der Waals surface area (Å²) in [6.07, 6.45) is -17.5. The maximum Gasteiger partial charge on any atom is 0.184 e. The maximum atomic E-state index is 10.2. The van der Waals surface area contributed by atoms with E-state index in [4.69, 9.17) is 9.47 Å². The molecule has 2 fully saturated rings. The van der Waals surface area contributed by atoms with Crippen LogP contribution in [0.15, 0.2) is 0 Å². The molecule has 10 nitrogen and oxygen atoms in total. The summed E-state index contributed by atoms with van der Waals surface area (Å²) in [5.41, 5.74) is 0. The average Bonchev–Trinajstić information content (AvgIpc) is 2.49. The molecular formula is C12H22O10. The summed E-state index contributed by atoms with van der Waals surface area (Å²) in [7, 11) is 0. The smallest absolute Gasteiger partial charge is 0.184 e. The van der Waals surface area contributed by atoms with Crippen LogP contribution >= 0.6 is 0 Å². The summed E-state index contributed by atoms with van der Waals surface area (Å²) in [4.78, 5) is 0. The second kappa shape index (κ2) is 6.61. The minimum Gasteiger partial charge on any atom is -0.388 e. The van der Waals surface area contributed by atoms with Gasteiger partial charge in [-0.25, -0.2) is 0 Å². The van der Waals surface area contributed by atoms with Crippen molar-refractivity contribution in [2.24, 2.45) is 0 Å². The molecule has 130 valence electrons. The predicted molar refractivity (Wildman–Crippen MR) is 67.3 cm³/mol. The number of rotatable bonds is 2. The van der Waals surface area contributed by atoms with Gasteiger partial charge in [0.05, 0.1) is 6.10 Å². The van der Waals surface area contributed by atoms with Crippen molar-refractivity contribution in [3.05, 3.63) is 0 Å². The summed E-state index contributed by atoms with van der Waals surface area (Å²) in [5.74, 6) is 0. The molecule has 2 rings (SSSR count). The van der Waals surface area contributed by atoms with Gasteiger partial charge in [-0.15, -0.1) is 0 Å². The van der Waals surface area contributed by atoms with E-state index in [0.717, 1.165) is 0 Å². The highest BCUT2D eigenvalue weighted by Crippen LogP contribution is 2.29. The molecule has 0 bridgehead atoms. The molecule has 2 aliphatic rings. The molecule has 2 heterocycles. The molecule has 1 unspecified atom stereocenters. The van der Waals surface area contributed by atoms with Crippen molar-refractivity contribution >= 4 is 0 Å². The van der Waals surface area contributed by atoms with Crippen LogP contribution in [0, 0.1) is 0 Å². The first-order valence-electron chi connectivity index (χ1n) is 6.92. The second-order valence-electron chi connectivity index (χ2n) is 5.73. The first kappa shape index (κ1) is 17.9. The van der Waals surface area contributed by atoms with Crippen LogP contribution in [0.4, 0.5) is 0 Å². The zero-order valence-electron chi connectivity index (χ0n) is 11.7. The van der Waals surface area contributed by atoms with Crippen molar-refractivity contribution in [1.29, 1.82) is 0 Å². The third kappa shape index (κ3) is 2.99. The van der Waals surface area contributed by atoms with Crippen molar-refractivity contribution in [2.75, 3.05) is 0 Å². The predicted octanol–water partition coefficient (Wildman–Crippen LogP) is -4.98. The third-order valence-corrected chi connectivity index (χ3v) is 4.19. The fourth-order valence-corrected chi connectivity index (χ4v) is 2.72. The van der Waals surface area contributed by atoms with Crippen LogP contribution in [0.1, 0.15) is 6.92 Å². The van der Waals surface area contributed by atoms with E-state index in [1.165, 1.54) is 6.92 Å². The summed E-state index contributed by atoms with van der Waals surface area (Å²) in [6, 6.07) is 0. The zero-order chi connectivity index (χ0) is 16.8. The molecule has 0 aromatic heterocycles. The van der Waals surface area contributed by atoms with Crippen LogP contribution in [-0.4, -0.2) is 108 Å². The maximum absolute atomic E-state index is 10.2. The van der Waals surface area contributed by atoms with E-state index < -0.39 is 67.3 Å². The van der Waals surface area contributed by atoms with Gasteiger partial charge >= 0.3 is 0 Å². The lowest BCUT2D eigenvalue weighted by molar-refractivity contribution is -0.317. The molecule has 22 heavy (non-hydrogen) atoms. The molecule has 0 saturated carbocycles. The van der Waals surface area contributed by atoms with Gasteiger partial charge in [-0.2, -0.15) is 0 Å². The molecular weight excluding hydrogens is 304 g/mol. The number of ether oxygens (including phenoxy) is 2. The molecule has 2 aliphatic heterocycles. The van der Waals surface area contributed by atoms with Crippen LogP contribution in [0.25, 0.3) is 0 Å². The lowest BCUT2D eigenvalue weighted by Crippen LogP contribution is -2.67. The Morgan fingerprint density at radius 2 is 1.09 bits per heavy atom. The van der Waals surface area contributed by atoms with Crippen molar-refractivity contribution in [1.82, 2.24) is 0 Å². The summed E-state index contributed by atoms with van der Waals surface area (Å²) >= 11 is 0. The van der Waals surface area contributed by atoms with Gasteiger partial charge in [0, 0.05) is 0 Å². The fraction of sp³-hybridized carbons (Fsp3) is 1.00. The first-order chi connectivity index (χ1) is 10.2. The second-order valence-corrected chi connectivity index (χ2v) is 5.73. The highest BCUT2D eigenvalue weighted by molar-refractivity contribution is 5.00. The molecule has 8 N–H and O–H groups in total. The lowest BCUT2D eigenvalue weighted by atomic mass is 9.87. The van der Waals surface area contributed by atoms with Gasteiger partial charge in [-0.1, -0.05) is 0 Å². The van der Waals surface area contributed by atoms with E-state index in [1.54, 1.807) is 0 Å². The molecule has 0 spiro atoms. The summed E-state index contributed by atoms with van der Waals surface area (Å²) in [5, 5.41) is 77.7. The summed E-state index contributed by atoms with van der Waals surface area (Å²) < 4.78 is 10.1. The van der Waals surface area contributed by atoms with E-state index in [1.807, 2.05) is 0 Å². The first-order valence-corrected chi connectivity index (χ1v) is 6.92. The molecule has 11 atom stereocenters. The normalized spacial score (nSPS) is 55.0. The van der Waals surface area contributed by atoms with Crippen LogP contribution in [0.5, 0.6) is 0 Å². The minimum atomic E-state index is -1.85. The highest BCUT2D eigenvalue weighted by atomic mass is 16.6. The Morgan fingerprint density at radius 1 is 0.636 bits per heavy atom. The van der Waals surface area contributed by atoms with Crippen molar-refractivity contribution in [3.8, 4) is 0 Å². The standard InChI is InChI=1S/C12H22O10/c1-2-3(13)4(14)6(16)10(21-2)9(19)11-7(17)5(15)8(18)12(20)22-11/h2-20H,1H3/t2-,3-,4+,5+,6+,7+,8-,9?,10-,11+,12+/m1/s1. The molecule has 2 saturated heterocycles. The average molecular weight is 326 g/mol. The number of hydrogen-bond donors (Lipinski definition) is 8. The largest absolute Gasteiger partial charge is 0.388 e. The van der Waals surface area contributed by atoms with Crippen LogP contribution in [-0.2, 0) is 9.47 Å². The molecule has 10 heteroatoms. The van der Waals surface area contributed by atoms with Crippen LogP contribution in [0.3, 0.4) is 0 Å². The highest BCUT2D eigenvalue weighted by Gasteiger charge is 2.52. The van der Waals surface area contributed by atoms with Gasteiger partial charge in [0.1, 0.15) is 54.9 Å². The molecule has 0 aromatic rings. The van der Waals surface area contributed by atoms with E-state index >= 15 is 0 Å². The van der Waals surface area contributed by atoms with Gasteiger partial charge in [-0.05, 0) is 6.92 Å². The van der Waals surface area contributed by atoms with Gasteiger partial charge in [0.25, 0.3) is 0 Å². The van der Waals surface area contributed by atoms with Crippen molar-refractivity contribution < 1.29 is 50.3 Å². The van der Waals surface area contributed by atoms with E-state index in [9.17, 15) is 40.9 Å². The van der Waals surface area contributed by atoms with E-state index in [0.29, 0.717) is 0 Å². The van der Waals surface area contributed by atoms with E-state index in [-0.39, 0.29) is 0 Å². The lowest BCUT2D eigenvalue weighted by Gasteiger charge is -2.46. The van der Waals surface area contributed by atoms with Gasteiger partial charge < -0.3 is 50.3 Å². The van der Waals surface area contributed by atoms with Gasteiger partial charge in [0.2, 0.25) is 0 Å². The van der Waals surface area contributed by atoms with Crippen LogP contribution < -0.4 is 0 Å². The Morgan fingerprint density at radius 3 is 1.64 bits per heavy atom. The Hall–Kier alpha value is -0.400. The fourth-order valence-electron chi connectivity index (χ4n) is 2.72. The van der Waals surface area contributed by atoms with Crippen LogP contribution in [0.2, 0.25) is 0 Å². The quantitative estimate of drug-likeness (QED) is 0.245. The molecule has 0 amide bonds. The molecule has 0 aliphatic carbocycles. The Kier molecular flexibility index (Phi) is 5.39. The topological polar surface area (TPSA) is 180 Å². The van der Waals surface area contributed by atoms with E-state index in [2.05, 4.69) is 0 Å². The Bertz CT molecular complexity index is 347. The van der Waals surface area contributed by atoms with Gasteiger partial charge in [0.15, 0.2) is 6.29 Å². The van der Waals surface area contributed by atoms with Crippen molar-refractivity contribution in [2.45, 2.75) is 74.3 Å². The molecule has 0 radical (unpaired) electrons. The third-order valence-electron chi connectivity index (χ3n) is 4.19. The summed E-state index contributed by atoms with van der Waals surface area (Å²) in [6.45, 7) is 1.41. The number of hydrogen-bond acceptors (Lipinski definition) is 10. The van der Waals surface area contributed by atoms with Crippen molar-refractivity contribution in [3.63, 3.8) is 0 Å². The zero-order valence-corrected chi connectivity index (χ0v) is 11.7.